The number of benzene rings is 1. The van der Waals surface area contributed by atoms with Crippen molar-refractivity contribution in [1.29, 1.82) is 0 Å². The van der Waals surface area contributed by atoms with Crippen molar-refractivity contribution < 1.29 is 9.90 Å². The molecule has 0 spiro atoms. The van der Waals surface area contributed by atoms with E-state index in [0.29, 0.717) is 17.8 Å². The number of hydrogen-bond acceptors (Lipinski definition) is 4. The van der Waals surface area contributed by atoms with Crippen molar-refractivity contribution >= 4 is 11.7 Å². The summed E-state index contributed by atoms with van der Waals surface area (Å²) in [6.45, 7) is 10.7. The topological polar surface area (TPSA) is 75.1 Å². The summed E-state index contributed by atoms with van der Waals surface area (Å²) in [5.74, 6) is -1.06. The van der Waals surface area contributed by atoms with E-state index < -0.39 is 5.97 Å². The number of nitrogens with zero attached hydrogens (tertiary/aromatic N) is 2. The molecule has 23 heavy (non-hydrogen) atoms. The highest BCUT2D eigenvalue weighted by Crippen LogP contribution is 2.24. The van der Waals surface area contributed by atoms with Crippen LogP contribution in [0.4, 0.5) is 5.69 Å². The van der Waals surface area contributed by atoms with E-state index in [1.165, 1.54) is 5.56 Å². The van der Waals surface area contributed by atoms with E-state index in [0.717, 1.165) is 11.3 Å². The molecule has 1 heterocycles. The third-order valence-corrected chi connectivity index (χ3v) is 3.88. The lowest BCUT2D eigenvalue weighted by Crippen LogP contribution is -2.12. The number of aryl methyl sites for hydroxylation is 1. The molecule has 1 aromatic heterocycles. The van der Waals surface area contributed by atoms with E-state index in [-0.39, 0.29) is 11.1 Å². The Morgan fingerprint density at radius 2 is 1.74 bits per heavy atom. The van der Waals surface area contributed by atoms with Crippen LogP contribution in [0.5, 0.6) is 0 Å². The van der Waals surface area contributed by atoms with Gasteiger partial charge in [-0.15, -0.1) is 5.10 Å². The number of carboxylic acid groups (broad SMARTS) is 1. The molecule has 0 atom stereocenters. The van der Waals surface area contributed by atoms with Crippen molar-refractivity contribution in [2.75, 3.05) is 5.32 Å². The summed E-state index contributed by atoms with van der Waals surface area (Å²) >= 11 is 0. The second kappa shape index (κ2) is 6.36. The van der Waals surface area contributed by atoms with Gasteiger partial charge in [0.2, 0.25) is 0 Å². The van der Waals surface area contributed by atoms with E-state index >= 15 is 0 Å². The Morgan fingerprint density at radius 3 is 2.26 bits per heavy atom. The molecule has 0 saturated carbocycles. The Kier molecular flexibility index (Phi) is 4.68. The van der Waals surface area contributed by atoms with Crippen LogP contribution in [0.3, 0.4) is 0 Å². The number of aromatic nitrogens is 2. The van der Waals surface area contributed by atoms with Gasteiger partial charge in [0.1, 0.15) is 0 Å². The van der Waals surface area contributed by atoms with E-state index in [2.05, 4.69) is 60.6 Å². The molecule has 2 rings (SSSR count). The summed E-state index contributed by atoms with van der Waals surface area (Å²) in [6.07, 6.45) is 0. The zero-order chi connectivity index (χ0) is 17.2. The Hall–Kier alpha value is -2.43. The van der Waals surface area contributed by atoms with Crippen LogP contribution in [0, 0.1) is 13.8 Å². The van der Waals surface area contributed by atoms with Crippen molar-refractivity contribution in [3.05, 3.63) is 52.3 Å². The molecule has 0 bridgehead atoms. The lowest BCUT2D eigenvalue weighted by atomic mass is 9.87. The van der Waals surface area contributed by atoms with Gasteiger partial charge < -0.3 is 10.4 Å². The molecule has 0 aliphatic rings. The van der Waals surface area contributed by atoms with E-state index in [1.54, 1.807) is 6.92 Å². The molecule has 0 radical (unpaired) electrons. The predicted octanol–water partition coefficient (Wildman–Crippen LogP) is 3.70. The summed E-state index contributed by atoms with van der Waals surface area (Å²) in [5.41, 5.74) is 4.57. The van der Waals surface area contributed by atoms with Gasteiger partial charge in [-0.1, -0.05) is 45.0 Å². The molecule has 2 aromatic rings. The largest absolute Gasteiger partial charge is 0.476 e. The average molecular weight is 313 g/mol. The first kappa shape index (κ1) is 16.9. The molecular weight excluding hydrogens is 290 g/mol. The van der Waals surface area contributed by atoms with Gasteiger partial charge in [-0.05, 0) is 30.4 Å². The molecule has 5 heteroatoms. The van der Waals surface area contributed by atoms with Gasteiger partial charge in [0, 0.05) is 12.1 Å². The Balaban J connectivity index is 2.18. The Labute approximate surface area is 136 Å². The minimum absolute atomic E-state index is 0.0128. The zero-order valence-electron chi connectivity index (χ0n) is 14.3. The molecule has 1 aromatic carbocycles. The maximum Gasteiger partial charge on any atom is 0.356 e. The number of carbonyl (C=O) groups is 1. The van der Waals surface area contributed by atoms with Crippen molar-refractivity contribution in [2.24, 2.45) is 0 Å². The predicted molar refractivity (Wildman–Crippen MR) is 90.9 cm³/mol. The summed E-state index contributed by atoms with van der Waals surface area (Å²) in [4.78, 5) is 11.2. The highest BCUT2D eigenvalue weighted by atomic mass is 16.4. The molecule has 122 valence electrons. The first-order valence-electron chi connectivity index (χ1n) is 7.60. The second-order valence-corrected chi connectivity index (χ2v) is 6.74. The first-order chi connectivity index (χ1) is 10.7. The average Bonchev–Trinajstić information content (AvgIpc) is 2.46. The standard InChI is InChI=1S/C18H23N3O2/c1-11-15(12(2)20-21-16(11)17(22)23)19-10-13-6-8-14(9-7-13)18(3,4)5/h6-9H,10H2,1-5H3,(H,19,21)(H,22,23). The minimum atomic E-state index is -1.06. The molecule has 0 aliphatic heterocycles. The monoisotopic (exact) mass is 313 g/mol. The van der Waals surface area contributed by atoms with Crippen LogP contribution in [-0.4, -0.2) is 21.3 Å². The third kappa shape index (κ3) is 3.86. The van der Waals surface area contributed by atoms with Crippen molar-refractivity contribution in [2.45, 2.75) is 46.6 Å². The van der Waals surface area contributed by atoms with Gasteiger partial charge in [0.15, 0.2) is 5.69 Å². The summed E-state index contributed by atoms with van der Waals surface area (Å²) in [5, 5.41) is 20.1. The molecule has 0 amide bonds. The maximum absolute atomic E-state index is 11.2. The number of hydrogen-bond donors (Lipinski definition) is 2. The zero-order valence-corrected chi connectivity index (χ0v) is 14.3. The summed E-state index contributed by atoms with van der Waals surface area (Å²) < 4.78 is 0. The Morgan fingerprint density at radius 1 is 1.13 bits per heavy atom. The smallest absolute Gasteiger partial charge is 0.356 e. The first-order valence-corrected chi connectivity index (χ1v) is 7.60. The molecular formula is C18H23N3O2. The van der Waals surface area contributed by atoms with Crippen LogP contribution in [0.2, 0.25) is 0 Å². The van der Waals surface area contributed by atoms with Gasteiger partial charge >= 0.3 is 5.97 Å². The third-order valence-electron chi connectivity index (χ3n) is 3.88. The molecule has 0 aliphatic carbocycles. The fourth-order valence-corrected chi connectivity index (χ4v) is 2.42. The van der Waals surface area contributed by atoms with E-state index in [4.69, 9.17) is 5.11 Å². The van der Waals surface area contributed by atoms with Crippen LogP contribution in [0.1, 0.15) is 53.6 Å². The molecule has 5 nitrogen and oxygen atoms in total. The summed E-state index contributed by atoms with van der Waals surface area (Å²) in [7, 11) is 0. The number of carboxylic acids is 1. The fraction of sp³-hybridized carbons (Fsp3) is 0.389. The minimum Gasteiger partial charge on any atom is -0.476 e. The van der Waals surface area contributed by atoms with Crippen LogP contribution >= 0.6 is 0 Å². The maximum atomic E-state index is 11.2. The van der Waals surface area contributed by atoms with Crippen LogP contribution in [-0.2, 0) is 12.0 Å². The molecule has 0 unspecified atom stereocenters. The van der Waals surface area contributed by atoms with Crippen LogP contribution in [0.15, 0.2) is 24.3 Å². The van der Waals surface area contributed by atoms with Gasteiger partial charge in [0.05, 0.1) is 11.4 Å². The Bertz CT molecular complexity index is 716. The fourth-order valence-electron chi connectivity index (χ4n) is 2.42. The van der Waals surface area contributed by atoms with Gasteiger partial charge in [-0.2, -0.15) is 5.10 Å². The number of aromatic carboxylic acids is 1. The molecule has 0 fully saturated rings. The normalized spacial score (nSPS) is 11.3. The number of nitrogens with one attached hydrogen (secondary N) is 1. The number of anilines is 1. The second-order valence-electron chi connectivity index (χ2n) is 6.74. The van der Waals surface area contributed by atoms with Crippen molar-refractivity contribution in [3.63, 3.8) is 0 Å². The molecule has 2 N–H and O–H groups in total. The highest BCUT2D eigenvalue weighted by Gasteiger charge is 2.16. The van der Waals surface area contributed by atoms with Gasteiger partial charge in [-0.25, -0.2) is 4.79 Å². The lowest BCUT2D eigenvalue weighted by Gasteiger charge is -2.19. The van der Waals surface area contributed by atoms with E-state index in [9.17, 15) is 4.79 Å². The van der Waals surface area contributed by atoms with Gasteiger partial charge in [-0.3, -0.25) is 0 Å². The SMILES string of the molecule is Cc1nnc(C(=O)O)c(C)c1NCc1ccc(C(C)(C)C)cc1. The quantitative estimate of drug-likeness (QED) is 0.900. The van der Waals surface area contributed by atoms with Crippen molar-refractivity contribution in [3.8, 4) is 0 Å². The van der Waals surface area contributed by atoms with Gasteiger partial charge in [0.25, 0.3) is 0 Å². The van der Waals surface area contributed by atoms with Crippen LogP contribution in [0.25, 0.3) is 0 Å². The number of rotatable bonds is 4. The van der Waals surface area contributed by atoms with E-state index in [1.807, 2.05) is 6.92 Å². The van der Waals surface area contributed by atoms with Crippen LogP contribution < -0.4 is 5.32 Å². The van der Waals surface area contributed by atoms with Crippen molar-refractivity contribution in [1.82, 2.24) is 10.2 Å². The summed E-state index contributed by atoms with van der Waals surface area (Å²) in [6, 6.07) is 8.43. The highest BCUT2D eigenvalue weighted by molar-refractivity contribution is 5.88. The molecule has 0 saturated heterocycles. The lowest BCUT2D eigenvalue weighted by molar-refractivity contribution is 0.0688.